The van der Waals surface area contributed by atoms with Crippen LogP contribution in [0.25, 0.3) is 0 Å². The summed E-state index contributed by atoms with van der Waals surface area (Å²) in [6, 6.07) is 20.6. The number of para-hydroxylation sites is 1. The molecule has 1 aliphatic rings. The van der Waals surface area contributed by atoms with Crippen LogP contribution in [-0.2, 0) is 9.59 Å². The summed E-state index contributed by atoms with van der Waals surface area (Å²) in [7, 11) is 0. The van der Waals surface area contributed by atoms with Gasteiger partial charge in [-0.3, -0.25) is 19.3 Å². The molecular formula is C31H35N3O3. The lowest BCUT2D eigenvalue weighted by molar-refractivity contribution is -0.122. The van der Waals surface area contributed by atoms with Crippen molar-refractivity contribution in [3.8, 4) is 0 Å². The van der Waals surface area contributed by atoms with Gasteiger partial charge in [-0.15, -0.1) is 0 Å². The summed E-state index contributed by atoms with van der Waals surface area (Å²) in [6.07, 6.45) is 3.85. The molecule has 0 aromatic heterocycles. The Morgan fingerprint density at radius 2 is 1.41 bits per heavy atom. The van der Waals surface area contributed by atoms with Crippen LogP contribution in [0.2, 0.25) is 0 Å². The first kappa shape index (κ1) is 26.1. The van der Waals surface area contributed by atoms with E-state index in [2.05, 4.69) is 10.6 Å². The Bertz CT molecular complexity index is 1290. The van der Waals surface area contributed by atoms with Gasteiger partial charge in [-0.25, -0.2) is 0 Å². The lowest BCUT2D eigenvalue weighted by atomic mass is 9.78. The van der Waals surface area contributed by atoms with E-state index in [4.69, 9.17) is 0 Å². The Kier molecular flexibility index (Phi) is 7.77. The van der Waals surface area contributed by atoms with Gasteiger partial charge in [0.25, 0.3) is 11.8 Å². The molecule has 0 bridgehead atoms. The van der Waals surface area contributed by atoms with E-state index < -0.39 is 5.54 Å². The number of carbonyl (C=O) groups is 3. The fourth-order valence-corrected chi connectivity index (χ4v) is 5.25. The molecule has 3 aromatic rings. The van der Waals surface area contributed by atoms with Crippen molar-refractivity contribution in [2.45, 2.75) is 65.3 Å². The van der Waals surface area contributed by atoms with Gasteiger partial charge in [-0.05, 0) is 75.1 Å². The van der Waals surface area contributed by atoms with Crippen molar-refractivity contribution in [1.82, 2.24) is 0 Å². The molecule has 1 saturated carbocycles. The number of amides is 3. The zero-order valence-corrected chi connectivity index (χ0v) is 22.1. The number of aryl methyl sites for hydroxylation is 3. The first-order valence-corrected chi connectivity index (χ1v) is 12.9. The third-order valence-corrected chi connectivity index (χ3v) is 7.18. The molecular weight excluding hydrogens is 462 g/mol. The molecule has 6 heteroatoms. The maximum atomic E-state index is 14.3. The molecule has 0 radical (unpaired) electrons. The second kappa shape index (κ2) is 11.0. The zero-order chi connectivity index (χ0) is 26.6. The first-order valence-electron chi connectivity index (χ1n) is 12.9. The highest BCUT2D eigenvalue weighted by Gasteiger charge is 2.48. The molecule has 2 N–H and O–H groups in total. The minimum Gasteiger partial charge on any atom is -0.326 e. The van der Waals surface area contributed by atoms with Gasteiger partial charge in [0.05, 0.1) is 0 Å². The van der Waals surface area contributed by atoms with Crippen LogP contribution in [0.3, 0.4) is 0 Å². The van der Waals surface area contributed by atoms with E-state index in [1.54, 1.807) is 29.2 Å². The van der Waals surface area contributed by atoms with Gasteiger partial charge in [0.1, 0.15) is 5.54 Å². The fraction of sp³-hybridized carbons (Fsp3) is 0.323. The van der Waals surface area contributed by atoms with E-state index in [1.807, 2.05) is 63.2 Å². The molecule has 1 fully saturated rings. The third kappa shape index (κ3) is 5.58. The van der Waals surface area contributed by atoms with Crippen molar-refractivity contribution in [1.29, 1.82) is 0 Å². The second-order valence-corrected chi connectivity index (χ2v) is 10.1. The Morgan fingerprint density at radius 1 is 0.784 bits per heavy atom. The molecule has 0 heterocycles. The lowest BCUT2D eigenvalue weighted by Gasteiger charge is -2.45. The topological polar surface area (TPSA) is 78.5 Å². The average molecular weight is 498 g/mol. The standard InChI is InChI=1S/C31H35N3O3/c1-21-14-16-27(17-15-21)34(29(36)25-12-9-13-26(20-25)32-24(4)35)31(18-6-5-7-19-31)30(37)33-28-22(2)10-8-11-23(28)3/h8-17,20H,5-7,18-19H2,1-4H3,(H,32,35)(H,33,37). The number of rotatable bonds is 6. The molecule has 0 unspecified atom stereocenters. The van der Waals surface area contributed by atoms with E-state index in [0.717, 1.165) is 41.6 Å². The Morgan fingerprint density at radius 3 is 2.03 bits per heavy atom. The number of benzene rings is 3. The second-order valence-electron chi connectivity index (χ2n) is 10.1. The van der Waals surface area contributed by atoms with E-state index in [1.165, 1.54) is 6.92 Å². The van der Waals surface area contributed by atoms with Crippen LogP contribution >= 0.6 is 0 Å². The monoisotopic (exact) mass is 497 g/mol. The van der Waals surface area contributed by atoms with Crippen LogP contribution in [0.5, 0.6) is 0 Å². The van der Waals surface area contributed by atoms with Gasteiger partial charge in [-0.1, -0.05) is 61.2 Å². The molecule has 4 rings (SSSR count). The van der Waals surface area contributed by atoms with Crippen molar-refractivity contribution in [2.75, 3.05) is 15.5 Å². The predicted molar refractivity (Wildman–Crippen MR) is 149 cm³/mol. The maximum Gasteiger partial charge on any atom is 0.259 e. The predicted octanol–water partition coefficient (Wildman–Crippen LogP) is 6.56. The van der Waals surface area contributed by atoms with Gasteiger partial charge < -0.3 is 10.6 Å². The summed E-state index contributed by atoms with van der Waals surface area (Å²) in [5.41, 5.74) is 4.41. The largest absolute Gasteiger partial charge is 0.326 e. The SMILES string of the molecule is CC(=O)Nc1cccc(C(=O)N(c2ccc(C)cc2)C2(C(=O)Nc3c(C)cccc3C)CCCCC2)c1. The minimum absolute atomic E-state index is 0.170. The van der Waals surface area contributed by atoms with Crippen molar-refractivity contribution in [3.63, 3.8) is 0 Å². The molecule has 3 aromatic carbocycles. The number of hydrogen-bond donors (Lipinski definition) is 2. The molecule has 3 amide bonds. The van der Waals surface area contributed by atoms with Crippen LogP contribution in [0.4, 0.5) is 17.1 Å². The van der Waals surface area contributed by atoms with Gasteiger partial charge in [-0.2, -0.15) is 0 Å². The number of carbonyl (C=O) groups excluding carboxylic acids is 3. The summed E-state index contributed by atoms with van der Waals surface area (Å²) < 4.78 is 0. The van der Waals surface area contributed by atoms with Gasteiger partial charge in [0.2, 0.25) is 5.91 Å². The molecule has 0 spiro atoms. The highest BCUT2D eigenvalue weighted by Crippen LogP contribution is 2.40. The Labute approximate surface area is 219 Å². The number of anilines is 3. The number of hydrogen-bond acceptors (Lipinski definition) is 3. The summed E-state index contributed by atoms with van der Waals surface area (Å²) in [6.45, 7) is 7.39. The van der Waals surface area contributed by atoms with Crippen molar-refractivity contribution < 1.29 is 14.4 Å². The van der Waals surface area contributed by atoms with Gasteiger partial charge in [0, 0.05) is 29.5 Å². The molecule has 6 nitrogen and oxygen atoms in total. The van der Waals surface area contributed by atoms with E-state index in [9.17, 15) is 14.4 Å². The molecule has 1 aliphatic carbocycles. The van der Waals surface area contributed by atoms with Crippen molar-refractivity contribution in [3.05, 3.63) is 89.0 Å². The maximum absolute atomic E-state index is 14.3. The highest BCUT2D eigenvalue weighted by atomic mass is 16.2. The molecule has 37 heavy (non-hydrogen) atoms. The zero-order valence-electron chi connectivity index (χ0n) is 22.1. The Hall–Kier alpha value is -3.93. The number of nitrogens with zero attached hydrogens (tertiary/aromatic N) is 1. The molecule has 192 valence electrons. The van der Waals surface area contributed by atoms with Crippen LogP contribution in [0, 0.1) is 20.8 Å². The third-order valence-electron chi connectivity index (χ3n) is 7.18. The Balaban J connectivity index is 1.83. The normalized spacial score (nSPS) is 14.5. The van der Waals surface area contributed by atoms with E-state index in [0.29, 0.717) is 29.8 Å². The van der Waals surface area contributed by atoms with Gasteiger partial charge in [0.15, 0.2) is 0 Å². The van der Waals surface area contributed by atoms with E-state index >= 15 is 0 Å². The minimum atomic E-state index is -1.05. The number of nitrogens with one attached hydrogen (secondary N) is 2. The average Bonchev–Trinajstić information content (AvgIpc) is 2.88. The summed E-state index contributed by atoms with van der Waals surface area (Å²) in [5.74, 6) is -0.650. The van der Waals surface area contributed by atoms with Crippen LogP contribution in [-0.4, -0.2) is 23.3 Å². The van der Waals surface area contributed by atoms with Crippen LogP contribution in [0.15, 0.2) is 66.7 Å². The summed E-state index contributed by atoms with van der Waals surface area (Å²) >= 11 is 0. The fourth-order valence-electron chi connectivity index (χ4n) is 5.25. The summed E-state index contributed by atoms with van der Waals surface area (Å²) in [5, 5.41) is 5.96. The van der Waals surface area contributed by atoms with Crippen molar-refractivity contribution in [2.24, 2.45) is 0 Å². The van der Waals surface area contributed by atoms with Crippen LogP contribution in [0.1, 0.15) is 66.1 Å². The van der Waals surface area contributed by atoms with Crippen molar-refractivity contribution >= 4 is 34.8 Å². The lowest BCUT2D eigenvalue weighted by Crippen LogP contribution is -2.60. The molecule has 0 atom stereocenters. The first-order chi connectivity index (χ1) is 17.7. The highest BCUT2D eigenvalue weighted by molar-refractivity contribution is 6.14. The molecule has 0 saturated heterocycles. The van der Waals surface area contributed by atoms with Gasteiger partial charge >= 0.3 is 0 Å². The van der Waals surface area contributed by atoms with Crippen LogP contribution < -0.4 is 15.5 Å². The van der Waals surface area contributed by atoms with E-state index in [-0.39, 0.29) is 17.7 Å². The quantitative estimate of drug-likeness (QED) is 0.405. The summed E-state index contributed by atoms with van der Waals surface area (Å²) in [4.78, 5) is 41.9. The smallest absolute Gasteiger partial charge is 0.259 e. The molecule has 0 aliphatic heterocycles.